The fourth-order valence-electron chi connectivity index (χ4n) is 1.79. The van der Waals surface area contributed by atoms with Crippen molar-refractivity contribution >= 4 is 11.8 Å². The minimum Gasteiger partial charge on any atom is -0.347 e. The predicted octanol–water partition coefficient (Wildman–Crippen LogP) is -0.312. The maximum Gasteiger partial charge on any atom is 0.309 e. The van der Waals surface area contributed by atoms with Crippen LogP contribution < -0.4 is 16.4 Å². The Kier molecular flexibility index (Phi) is 10.1. The van der Waals surface area contributed by atoms with Crippen molar-refractivity contribution in [1.29, 1.82) is 0 Å². The highest BCUT2D eigenvalue weighted by molar-refractivity contribution is 6.35. The maximum absolute atomic E-state index is 11.5. The zero-order valence-electron chi connectivity index (χ0n) is 12.4. The second-order valence-corrected chi connectivity index (χ2v) is 4.59. The van der Waals surface area contributed by atoms with Gasteiger partial charge in [0.25, 0.3) is 0 Å². The summed E-state index contributed by atoms with van der Waals surface area (Å²) in [6, 6.07) is 0.00619. The van der Waals surface area contributed by atoms with Gasteiger partial charge in [0.05, 0.1) is 0 Å². The van der Waals surface area contributed by atoms with E-state index in [-0.39, 0.29) is 6.04 Å². The van der Waals surface area contributed by atoms with Crippen molar-refractivity contribution in [1.82, 2.24) is 15.5 Å². The van der Waals surface area contributed by atoms with Gasteiger partial charge in [-0.25, -0.2) is 0 Å². The van der Waals surface area contributed by atoms with Crippen LogP contribution in [0.1, 0.15) is 33.6 Å². The fourth-order valence-corrected chi connectivity index (χ4v) is 1.79. The van der Waals surface area contributed by atoms with Gasteiger partial charge in [-0.15, -0.1) is 0 Å². The van der Waals surface area contributed by atoms with Crippen LogP contribution in [0.2, 0.25) is 0 Å². The van der Waals surface area contributed by atoms with E-state index in [4.69, 9.17) is 5.73 Å². The molecule has 0 saturated heterocycles. The number of hydrogen-bond acceptors (Lipinski definition) is 4. The molecule has 19 heavy (non-hydrogen) atoms. The van der Waals surface area contributed by atoms with E-state index in [0.29, 0.717) is 13.1 Å². The van der Waals surface area contributed by atoms with E-state index in [1.54, 1.807) is 0 Å². The summed E-state index contributed by atoms with van der Waals surface area (Å²) in [6.07, 6.45) is 1.87. The molecule has 2 amide bonds. The first-order chi connectivity index (χ1) is 9.04. The molecule has 6 heteroatoms. The number of carbonyl (C=O) groups excluding carboxylic acids is 2. The predicted molar refractivity (Wildman–Crippen MR) is 76.7 cm³/mol. The molecule has 0 aliphatic heterocycles. The quantitative estimate of drug-likeness (QED) is 0.502. The van der Waals surface area contributed by atoms with Crippen LogP contribution in [0.15, 0.2) is 0 Å². The lowest BCUT2D eigenvalue weighted by atomic mass is 10.1. The number of nitrogens with zero attached hydrogens (tertiary/aromatic N) is 1. The summed E-state index contributed by atoms with van der Waals surface area (Å²) >= 11 is 0. The summed E-state index contributed by atoms with van der Waals surface area (Å²) < 4.78 is 0. The lowest BCUT2D eigenvalue weighted by Crippen LogP contribution is -2.45. The molecule has 0 aliphatic rings. The molecular weight excluding hydrogens is 244 g/mol. The zero-order valence-corrected chi connectivity index (χ0v) is 12.4. The van der Waals surface area contributed by atoms with Gasteiger partial charge in [-0.05, 0) is 39.4 Å². The van der Waals surface area contributed by atoms with E-state index >= 15 is 0 Å². The highest BCUT2D eigenvalue weighted by atomic mass is 16.2. The molecule has 112 valence electrons. The van der Waals surface area contributed by atoms with Gasteiger partial charge in [0.15, 0.2) is 0 Å². The van der Waals surface area contributed by atoms with Crippen molar-refractivity contribution in [2.45, 2.75) is 39.7 Å². The van der Waals surface area contributed by atoms with E-state index in [1.165, 1.54) is 0 Å². The Morgan fingerprint density at radius 3 is 2.37 bits per heavy atom. The molecule has 0 fully saturated rings. The molecule has 0 rings (SSSR count). The molecule has 0 aliphatic carbocycles. The van der Waals surface area contributed by atoms with Gasteiger partial charge in [-0.2, -0.15) is 0 Å². The summed E-state index contributed by atoms with van der Waals surface area (Å²) in [5.74, 6) is -1.19. The smallest absolute Gasteiger partial charge is 0.309 e. The summed E-state index contributed by atoms with van der Waals surface area (Å²) in [5, 5.41) is 5.13. The third kappa shape index (κ3) is 8.56. The third-order valence-electron chi connectivity index (χ3n) is 3.02. The Bertz CT molecular complexity index is 267. The molecule has 1 unspecified atom stereocenters. The van der Waals surface area contributed by atoms with E-state index in [1.807, 2.05) is 6.92 Å². The van der Waals surface area contributed by atoms with Crippen LogP contribution in [0, 0.1) is 0 Å². The second-order valence-electron chi connectivity index (χ2n) is 4.59. The lowest BCUT2D eigenvalue weighted by molar-refractivity contribution is -0.139. The summed E-state index contributed by atoms with van der Waals surface area (Å²) in [5.41, 5.74) is 5.25. The third-order valence-corrected chi connectivity index (χ3v) is 3.02. The minimum atomic E-state index is -0.610. The largest absolute Gasteiger partial charge is 0.347 e. The van der Waals surface area contributed by atoms with Gasteiger partial charge in [-0.1, -0.05) is 13.8 Å². The van der Waals surface area contributed by atoms with Crippen molar-refractivity contribution in [2.75, 3.05) is 32.7 Å². The van der Waals surface area contributed by atoms with Crippen LogP contribution in [0.3, 0.4) is 0 Å². The van der Waals surface area contributed by atoms with Crippen molar-refractivity contribution in [3.63, 3.8) is 0 Å². The Morgan fingerprint density at radius 1 is 1.21 bits per heavy atom. The first kappa shape index (κ1) is 17.9. The standard InChI is InChI=1S/C13H28N4O2/c1-4-17(5-2)10-6-7-11(3)16-13(19)12(18)15-9-8-14/h11H,4-10,14H2,1-3H3,(H,15,18)(H,16,19). The Hall–Kier alpha value is -1.14. The first-order valence-electron chi connectivity index (χ1n) is 7.06. The van der Waals surface area contributed by atoms with E-state index in [0.717, 1.165) is 32.5 Å². The van der Waals surface area contributed by atoms with Crippen LogP contribution in [0.4, 0.5) is 0 Å². The molecular formula is C13H28N4O2. The van der Waals surface area contributed by atoms with Crippen LogP contribution in [0.25, 0.3) is 0 Å². The Balaban J connectivity index is 3.81. The summed E-state index contributed by atoms with van der Waals surface area (Å²) in [6.45, 7) is 9.94. The van der Waals surface area contributed by atoms with Crippen molar-refractivity contribution in [2.24, 2.45) is 5.73 Å². The summed E-state index contributed by atoms with van der Waals surface area (Å²) in [7, 11) is 0. The van der Waals surface area contributed by atoms with Gasteiger partial charge in [-0.3, -0.25) is 9.59 Å². The highest BCUT2D eigenvalue weighted by Crippen LogP contribution is 1.99. The zero-order chi connectivity index (χ0) is 14.7. The molecule has 1 atom stereocenters. The highest BCUT2D eigenvalue weighted by Gasteiger charge is 2.15. The van der Waals surface area contributed by atoms with Gasteiger partial charge in [0.2, 0.25) is 0 Å². The van der Waals surface area contributed by atoms with Gasteiger partial charge in [0.1, 0.15) is 0 Å². The number of rotatable bonds is 9. The molecule has 0 aromatic carbocycles. The van der Waals surface area contributed by atoms with Crippen LogP contribution >= 0.6 is 0 Å². The first-order valence-corrected chi connectivity index (χ1v) is 7.06. The fraction of sp³-hybridized carbons (Fsp3) is 0.846. The number of nitrogens with one attached hydrogen (secondary N) is 2. The SMILES string of the molecule is CCN(CC)CCCC(C)NC(=O)C(=O)NCCN. The van der Waals surface area contributed by atoms with Crippen LogP contribution in [-0.2, 0) is 9.59 Å². The minimum absolute atomic E-state index is 0.00619. The van der Waals surface area contributed by atoms with Crippen molar-refractivity contribution < 1.29 is 9.59 Å². The molecule has 0 aromatic rings. The molecule has 0 heterocycles. The normalized spacial score (nSPS) is 12.3. The Morgan fingerprint density at radius 2 is 1.84 bits per heavy atom. The molecule has 0 saturated carbocycles. The molecule has 4 N–H and O–H groups in total. The second kappa shape index (κ2) is 10.8. The molecule has 0 spiro atoms. The van der Waals surface area contributed by atoms with Gasteiger partial charge in [0, 0.05) is 19.1 Å². The van der Waals surface area contributed by atoms with E-state index in [9.17, 15) is 9.59 Å². The average molecular weight is 272 g/mol. The number of hydrogen-bond donors (Lipinski definition) is 3. The average Bonchev–Trinajstić information content (AvgIpc) is 2.40. The lowest BCUT2D eigenvalue weighted by Gasteiger charge is -2.19. The monoisotopic (exact) mass is 272 g/mol. The van der Waals surface area contributed by atoms with Gasteiger partial charge >= 0.3 is 11.8 Å². The van der Waals surface area contributed by atoms with E-state index in [2.05, 4.69) is 29.4 Å². The van der Waals surface area contributed by atoms with Crippen molar-refractivity contribution in [3.05, 3.63) is 0 Å². The summed E-state index contributed by atoms with van der Waals surface area (Å²) in [4.78, 5) is 25.2. The van der Waals surface area contributed by atoms with E-state index < -0.39 is 11.8 Å². The Labute approximate surface area is 116 Å². The number of amides is 2. The molecule has 0 aromatic heterocycles. The maximum atomic E-state index is 11.5. The topological polar surface area (TPSA) is 87.5 Å². The molecule has 0 radical (unpaired) electrons. The molecule has 6 nitrogen and oxygen atoms in total. The van der Waals surface area contributed by atoms with Crippen molar-refractivity contribution in [3.8, 4) is 0 Å². The van der Waals surface area contributed by atoms with Gasteiger partial charge < -0.3 is 21.3 Å². The number of carbonyl (C=O) groups is 2. The number of nitrogens with two attached hydrogens (primary N) is 1. The molecule has 0 bridgehead atoms. The van der Waals surface area contributed by atoms with Crippen LogP contribution in [0.5, 0.6) is 0 Å². The van der Waals surface area contributed by atoms with Crippen LogP contribution in [-0.4, -0.2) is 55.5 Å².